The van der Waals surface area contributed by atoms with Crippen molar-refractivity contribution >= 4 is 28.9 Å². The van der Waals surface area contributed by atoms with Gasteiger partial charge in [0, 0.05) is 41.9 Å². The van der Waals surface area contributed by atoms with Crippen LogP contribution in [-0.2, 0) is 13.0 Å². The van der Waals surface area contributed by atoms with Crippen molar-refractivity contribution < 1.29 is 4.74 Å². The minimum atomic E-state index is -0.174. The third-order valence-corrected chi connectivity index (χ3v) is 7.79. The number of rotatable bonds is 8. The van der Waals surface area contributed by atoms with Crippen molar-refractivity contribution in [3.05, 3.63) is 65.7 Å². The highest BCUT2D eigenvalue weighted by atomic mass is 35.5. The molecule has 11 heteroatoms. The average Bonchev–Trinajstić information content (AvgIpc) is 3.61. The molecule has 4 aromatic rings. The third kappa shape index (κ3) is 5.81. The molecule has 2 aromatic heterocycles. The van der Waals surface area contributed by atoms with Crippen LogP contribution in [0.3, 0.4) is 0 Å². The van der Waals surface area contributed by atoms with Gasteiger partial charge in [-0.1, -0.05) is 23.7 Å². The normalized spacial score (nSPS) is 16.7. The molecule has 10 nitrogen and oxygen atoms in total. The smallest absolute Gasteiger partial charge is 0.227 e. The molecule has 0 saturated carbocycles. The Bertz CT molecular complexity index is 1410. The number of ether oxygens (including phenoxy) is 1. The van der Waals surface area contributed by atoms with Gasteiger partial charge in [0.25, 0.3) is 0 Å². The Morgan fingerprint density at radius 1 is 1.05 bits per heavy atom. The standard InChI is InChI=1S/C28H32ClN9O/c1-19(17-37-18-32-34-35-37)39-27-13-21(4-6-25(27)29)22-15-30-28(31-16-22)33-23-5-3-20-7-12-38(26(20)14-23)24-8-10-36(2)11-9-24/h3-6,13-16,18-19,24H,7-12,17H2,1-2H3,(H,30,31,33). The molecule has 1 fully saturated rings. The van der Waals surface area contributed by atoms with E-state index in [1.54, 1.807) is 11.0 Å². The van der Waals surface area contributed by atoms with E-state index in [9.17, 15) is 0 Å². The van der Waals surface area contributed by atoms with E-state index in [1.165, 1.54) is 24.1 Å². The zero-order valence-electron chi connectivity index (χ0n) is 22.2. The number of likely N-dealkylation sites (tertiary alicyclic amines) is 1. The number of piperidine rings is 1. The number of nitrogens with zero attached hydrogens (tertiary/aromatic N) is 8. The van der Waals surface area contributed by atoms with Crippen LogP contribution in [0.1, 0.15) is 25.3 Å². The number of benzene rings is 2. The minimum absolute atomic E-state index is 0.174. The topological polar surface area (TPSA) is 97.1 Å². The Hall–Kier alpha value is -3.76. The number of nitrogens with one attached hydrogen (secondary N) is 1. The molecule has 0 spiro atoms. The fourth-order valence-electron chi connectivity index (χ4n) is 5.39. The Balaban J connectivity index is 1.13. The summed E-state index contributed by atoms with van der Waals surface area (Å²) in [7, 11) is 2.21. The molecule has 2 aromatic carbocycles. The van der Waals surface area contributed by atoms with Gasteiger partial charge < -0.3 is 19.9 Å². The SMILES string of the molecule is CC(Cn1cnnn1)Oc1cc(-c2cnc(Nc3ccc4c(c3)N(C3CCN(C)CC3)CC4)nc2)ccc1Cl. The molecule has 6 rings (SSSR count). The summed E-state index contributed by atoms with van der Waals surface area (Å²) in [6.07, 6.45) is 8.54. The van der Waals surface area contributed by atoms with Crippen molar-refractivity contribution in [1.82, 2.24) is 35.1 Å². The first-order chi connectivity index (χ1) is 19.0. The van der Waals surface area contributed by atoms with Gasteiger partial charge >= 0.3 is 0 Å². The summed E-state index contributed by atoms with van der Waals surface area (Å²) in [6, 6.07) is 12.9. The highest BCUT2D eigenvalue weighted by molar-refractivity contribution is 6.32. The molecule has 2 aliphatic rings. The van der Waals surface area contributed by atoms with Gasteiger partial charge in [-0.05, 0) is 92.1 Å². The summed E-state index contributed by atoms with van der Waals surface area (Å²) >= 11 is 6.41. The molecular formula is C28H32ClN9O. The summed E-state index contributed by atoms with van der Waals surface area (Å²) in [5.74, 6) is 1.15. The van der Waals surface area contributed by atoms with E-state index in [1.807, 2.05) is 37.5 Å². The highest BCUT2D eigenvalue weighted by Gasteiger charge is 2.28. The van der Waals surface area contributed by atoms with Crippen LogP contribution >= 0.6 is 11.6 Å². The van der Waals surface area contributed by atoms with E-state index in [2.05, 4.69) is 65.9 Å². The number of fused-ring (bicyclic) bond motifs is 1. The quantitative estimate of drug-likeness (QED) is 0.344. The zero-order valence-corrected chi connectivity index (χ0v) is 22.9. The molecule has 1 unspecified atom stereocenters. The van der Waals surface area contributed by atoms with Crippen molar-refractivity contribution in [3.63, 3.8) is 0 Å². The van der Waals surface area contributed by atoms with Crippen LogP contribution in [0.15, 0.2) is 55.1 Å². The lowest BCUT2D eigenvalue weighted by atomic mass is 10.0. The number of hydrogen-bond donors (Lipinski definition) is 1. The number of tetrazole rings is 1. The monoisotopic (exact) mass is 545 g/mol. The molecule has 0 radical (unpaired) electrons. The van der Waals surface area contributed by atoms with Crippen molar-refractivity contribution in [1.29, 1.82) is 0 Å². The van der Waals surface area contributed by atoms with Crippen LogP contribution in [0.4, 0.5) is 17.3 Å². The Morgan fingerprint density at radius 2 is 1.87 bits per heavy atom. The largest absolute Gasteiger partial charge is 0.487 e. The molecular weight excluding hydrogens is 514 g/mol. The summed E-state index contributed by atoms with van der Waals surface area (Å²) in [6.45, 7) is 5.88. The molecule has 4 heterocycles. The van der Waals surface area contributed by atoms with E-state index >= 15 is 0 Å². The summed E-state index contributed by atoms with van der Waals surface area (Å²) in [5, 5.41) is 15.1. The second-order valence-corrected chi connectivity index (χ2v) is 10.8. The minimum Gasteiger partial charge on any atom is -0.487 e. The van der Waals surface area contributed by atoms with Gasteiger partial charge in [0.05, 0.1) is 11.6 Å². The Morgan fingerprint density at radius 3 is 2.64 bits per heavy atom. The van der Waals surface area contributed by atoms with Crippen LogP contribution in [-0.4, -0.2) is 73.9 Å². The summed E-state index contributed by atoms with van der Waals surface area (Å²) in [4.78, 5) is 14.2. The van der Waals surface area contributed by atoms with Crippen molar-refractivity contribution in [2.75, 3.05) is 36.9 Å². The molecule has 0 bridgehead atoms. The fourth-order valence-corrected chi connectivity index (χ4v) is 5.56. The molecule has 1 saturated heterocycles. The van der Waals surface area contributed by atoms with Gasteiger partial charge in [0.15, 0.2) is 0 Å². The molecule has 0 amide bonds. The summed E-state index contributed by atoms with van der Waals surface area (Å²) in [5.41, 5.74) is 5.55. The number of hydrogen-bond acceptors (Lipinski definition) is 9. The Labute approximate surface area is 233 Å². The fraction of sp³-hybridized carbons (Fsp3) is 0.393. The lowest BCUT2D eigenvalue weighted by Crippen LogP contribution is -2.43. The highest BCUT2D eigenvalue weighted by Crippen LogP contribution is 2.35. The van der Waals surface area contributed by atoms with Crippen LogP contribution < -0.4 is 15.0 Å². The number of anilines is 3. The number of aromatic nitrogens is 6. The van der Waals surface area contributed by atoms with E-state index in [4.69, 9.17) is 16.3 Å². The lowest BCUT2D eigenvalue weighted by Gasteiger charge is -2.36. The van der Waals surface area contributed by atoms with Gasteiger partial charge in [0.2, 0.25) is 5.95 Å². The van der Waals surface area contributed by atoms with Crippen LogP contribution in [0.25, 0.3) is 11.1 Å². The van der Waals surface area contributed by atoms with E-state index in [0.29, 0.717) is 29.3 Å². The molecule has 0 aliphatic carbocycles. The van der Waals surface area contributed by atoms with E-state index in [-0.39, 0.29) is 6.10 Å². The summed E-state index contributed by atoms with van der Waals surface area (Å²) < 4.78 is 7.69. The van der Waals surface area contributed by atoms with Crippen molar-refractivity contribution in [2.24, 2.45) is 0 Å². The van der Waals surface area contributed by atoms with Crippen LogP contribution in [0, 0.1) is 0 Å². The molecule has 1 atom stereocenters. The van der Waals surface area contributed by atoms with E-state index < -0.39 is 0 Å². The van der Waals surface area contributed by atoms with Gasteiger partial charge in [-0.3, -0.25) is 0 Å². The average molecular weight is 546 g/mol. The first kappa shape index (κ1) is 25.5. The van der Waals surface area contributed by atoms with Crippen LogP contribution in [0.2, 0.25) is 5.02 Å². The molecule has 202 valence electrons. The van der Waals surface area contributed by atoms with Gasteiger partial charge in [-0.25, -0.2) is 14.6 Å². The number of halogens is 1. The second-order valence-electron chi connectivity index (χ2n) is 10.3. The van der Waals surface area contributed by atoms with Gasteiger partial charge in [-0.15, -0.1) is 5.10 Å². The zero-order chi connectivity index (χ0) is 26.8. The molecule has 1 N–H and O–H groups in total. The predicted octanol–water partition coefficient (Wildman–Crippen LogP) is 4.45. The Kier molecular flexibility index (Phi) is 7.30. The lowest BCUT2D eigenvalue weighted by molar-refractivity contribution is 0.193. The van der Waals surface area contributed by atoms with Crippen molar-refractivity contribution in [3.8, 4) is 16.9 Å². The maximum absolute atomic E-state index is 6.41. The molecule has 39 heavy (non-hydrogen) atoms. The third-order valence-electron chi connectivity index (χ3n) is 7.48. The first-order valence-corrected chi connectivity index (χ1v) is 13.7. The maximum atomic E-state index is 6.41. The first-order valence-electron chi connectivity index (χ1n) is 13.4. The van der Waals surface area contributed by atoms with E-state index in [0.717, 1.165) is 42.9 Å². The van der Waals surface area contributed by atoms with Gasteiger partial charge in [-0.2, -0.15) is 0 Å². The maximum Gasteiger partial charge on any atom is 0.227 e. The van der Waals surface area contributed by atoms with Crippen molar-refractivity contribution in [2.45, 2.75) is 44.9 Å². The predicted molar refractivity (Wildman–Crippen MR) is 152 cm³/mol. The second kappa shape index (κ2) is 11.2. The molecule has 2 aliphatic heterocycles. The van der Waals surface area contributed by atoms with Gasteiger partial charge in [0.1, 0.15) is 18.2 Å². The van der Waals surface area contributed by atoms with Crippen LogP contribution in [0.5, 0.6) is 5.75 Å².